The molecule has 0 radical (unpaired) electrons. The van der Waals surface area contributed by atoms with Crippen molar-refractivity contribution in [2.75, 3.05) is 0 Å². The smallest absolute Gasteiger partial charge is 0.271 e. The van der Waals surface area contributed by atoms with E-state index in [-0.39, 0.29) is 28.3 Å². The number of amides is 1. The van der Waals surface area contributed by atoms with Crippen LogP contribution >= 0.6 is 0 Å². The van der Waals surface area contributed by atoms with Gasteiger partial charge in [-0.05, 0) is 18.2 Å². The van der Waals surface area contributed by atoms with Crippen LogP contribution in [0.25, 0.3) is 0 Å². The predicted molar refractivity (Wildman–Crippen MR) is 77.9 cm³/mol. The second-order valence-corrected chi connectivity index (χ2v) is 4.22. The van der Waals surface area contributed by atoms with E-state index in [0.29, 0.717) is 0 Å². The van der Waals surface area contributed by atoms with Gasteiger partial charge in [-0.25, -0.2) is 5.43 Å². The van der Waals surface area contributed by atoms with Crippen LogP contribution in [-0.2, 0) is 0 Å². The largest absolute Gasteiger partial charge is 0.504 e. The van der Waals surface area contributed by atoms with E-state index in [1.54, 1.807) is 0 Å². The summed E-state index contributed by atoms with van der Waals surface area (Å²) in [6, 6.07) is 9.47. The van der Waals surface area contributed by atoms with Crippen LogP contribution < -0.4 is 5.43 Å². The summed E-state index contributed by atoms with van der Waals surface area (Å²) < 4.78 is 0. The standard InChI is InChI=1S/C14H11N3O5/c18-12-6-2-4-10(13(12)19)8-15-16-14(20)9-3-1-5-11(7-9)17(21)22/h1-8,18-19H,(H,16,20)/b15-8-. The van der Waals surface area contributed by atoms with E-state index in [2.05, 4.69) is 10.5 Å². The summed E-state index contributed by atoms with van der Waals surface area (Å²) in [5, 5.41) is 33.1. The zero-order chi connectivity index (χ0) is 16.1. The molecule has 0 aliphatic rings. The lowest BCUT2D eigenvalue weighted by atomic mass is 10.2. The van der Waals surface area contributed by atoms with Crippen LogP contribution in [0.15, 0.2) is 47.6 Å². The molecule has 0 unspecified atom stereocenters. The molecule has 0 fully saturated rings. The Hall–Kier alpha value is -3.42. The molecule has 0 aliphatic carbocycles. The van der Waals surface area contributed by atoms with E-state index >= 15 is 0 Å². The van der Waals surface area contributed by atoms with Crippen molar-refractivity contribution < 1.29 is 19.9 Å². The lowest BCUT2D eigenvalue weighted by Gasteiger charge is -2.01. The van der Waals surface area contributed by atoms with Crippen LogP contribution in [0.2, 0.25) is 0 Å². The lowest BCUT2D eigenvalue weighted by Crippen LogP contribution is -2.17. The highest BCUT2D eigenvalue weighted by Crippen LogP contribution is 2.26. The molecule has 0 saturated heterocycles. The Bertz CT molecular complexity index is 758. The third kappa shape index (κ3) is 3.37. The number of benzene rings is 2. The number of carbonyl (C=O) groups excluding carboxylic acids is 1. The minimum atomic E-state index is -0.639. The van der Waals surface area contributed by atoms with Crippen LogP contribution in [0, 0.1) is 10.1 Å². The van der Waals surface area contributed by atoms with E-state index in [0.717, 1.165) is 12.3 Å². The first-order valence-corrected chi connectivity index (χ1v) is 6.08. The van der Waals surface area contributed by atoms with Crippen molar-refractivity contribution in [3.63, 3.8) is 0 Å². The van der Waals surface area contributed by atoms with Gasteiger partial charge in [0.25, 0.3) is 11.6 Å². The third-order valence-corrected chi connectivity index (χ3v) is 2.73. The van der Waals surface area contributed by atoms with Gasteiger partial charge in [0.2, 0.25) is 0 Å². The molecular formula is C14H11N3O5. The van der Waals surface area contributed by atoms with Gasteiger partial charge in [-0.15, -0.1) is 0 Å². The topological polar surface area (TPSA) is 125 Å². The molecule has 0 bridgehead atoms. The van der Waals surface area contributed by atoms with E-state index < -0.39 is 10.8 Å². The molecule has 112 valence electrons. The van der Waals surface area contributed by atoms with Crippen molar-refractivity contribution in [2.24, 2.45) is 5.10 Å². The summed E-state index contributed by atoms with van der Waals surface area (Å²) in [6.45, 7) is 0. The molecule has 1 amide bonds. The van der Waals surface area contributed by atoms with Crippen LogP contribution in [0.5, 0.6) is 11.5 Å². The molecule has 8 heteroatoms. The summed E-state index contributed by atoms with van der Waals surface area (Å²) in [5.74, 6) is -1.32. The van der Waals surface area contributed by atoms with Crippen molar-refractivity contribution >= 4 is 17.8 Å². The van der Waals surface area contributed by atoms with Crippen LogP contribution in [0.1, 0.15) is 15.9 Å². The number of rotatable bonds is 4. The quantitative estimate of drug-likeness (QED) is 0.343. The second-order valence-electron chi connectivity index (χ2n) is 4.22. The highest BCUT2D eigenvalue weighted by atomic mass is 16.6. The summed E-state index contributed by atoms with van der Waals surface area (Å²) >= 11 is 0. The summed E-state index contributed by atoms with van der Waals surface area (Å²) in [4.78, 5) is 21.8. The van der Waals surface area contributed by atoms with Gasteiger partial charge in [-0.2, -0.15) is 5.10 Å². The van der Waals surface area contributed by atoms with Gasteiger partial charge >= 0.3 is 0 Å². The fourth-order valence-corrected chi connectivity index (χ4v) is 1.64. The SMILES string of the molecule is O=C(N/N=C\c1cccc(O)c1O)c1cccc([N+](=O)[O-])c1. The Morgan fingerprint density at radius 2 is 1.95 bits per heavy atom. The van der Waals surface area contributed by atoms with Gasteiger partial charge < -0.3 is 10.2 Å². The summed E-state index contributed by atoms with van der Waals surface area (Å²) in [6.07, 6.45) is 1.14. The highest BCUT2D eigenvalue weighted by Gasteiger charge is 2.10. The molecule has 0 aliphatic heterocycles. The second kappa shape index (κ2) is 6.35. The van der Waals surface area contributed by atoms with E-state index in [9.17, 15) is 25.1 Å². The molecule has 3 N–H and O–H groups in total. The molecule has 0 spiro atoms. The zero-order valence-electron chi connectivity index (χ0n) is 11.1. The Kier molecular flexibility index (Phi) is 4.33. The first kappa shape index (κ1) is 15.0. The van der Waals surface area contributed by atoms with Gasteiger partial charge in [0.05, 0.1) is 11.1 Å². The number of nitrogens with one attached hydrogen (secondary N) is 1. The van der Waals surface area contributed by atoms with Gasteiger partial charge in [-0.1, -0.05) is 12.1 Å². The Balaban J connectivity index is 2.09. The number of aromatic hydroxyl groups is 2. The fourth-order valence-electron chi connectivity index (χ4n) is 1.64. The third-order valence-electron chi connectivity index (χ3n) is 2.73. The predicted octanol–water partition coefficient (Wildman–Crippen LogP) is 1.77. The van der Waals surface area contributed by atoms with Crippen LogP contribution in [0.3, 0.4) is 0 Å². The molecule has 0 atom stereocenters. The van der Waals surface area contributed by atoms with Crippen molar-refractivity contribution in [1.29, 1.82) is 0 Å². The Labute approximate surface area is 124 Å². The minimum Gasteiger partial charge on any atom is -0.504 e. The number of hydrogen-bond donors (Lipinski definition) is 3. The average molecular weight is 301 g/mol. The molecule has 8 nitrogen and oxygen atoms in total. The number of nitrogens with zero attached hydrogens (tertiary/aromatic N) is 2. The maximum absolute atomic E-state index is 11.8. The number of non-ortho nitro benzene ring substituents is 1. The highest BCUT2D eigenvalue weighted by molar-refractivity contribution is 5.95. The number of hydrogen-bond acceptors (Lipinski definition) is 6. The van der Waals surface area contributed by atoms with Gasteiger partial charge in [-0.3, -0.25) is 14.9 Å². The van der Waals surface area contributed by atoms with E-state index in [4.69, 9.17) is 0 Å². The van der Waals surface area contributed by atoms with Crippen LogP contribution in [0.4, 0.5) is 5.69 Å². The van der Waals surface area contributed by atoms with Crippen molar-refractivity contribution in [1.82, 2.24) is 5.43 Å². The maximum Gasteiger partial charge on any atom is 0.271 e. The average Bonchev–Trinajstić information content (AvgIpc) is 2.51. The number of hydrazone groups is 1. The minimum absolute atomic E-state index is 0.0754. The maximum atomic E-state index is 11.8. The normalized spacial score (nSPS) is 10.5. The number of para-hydroxylation sites is 1. The van der Waals surface area contributed by atoms with Crippen LogP contribution in [-0.4, -0.2) is 27.3 Å². The van der Waals surface area contributed by atoms with Gasteiger partial charge in [0, 0.05) is 23.3 Å². The zero-order valence-corrected chi connectivity index (χ0v) is 11.1. The number of nitro groups is 1. The first-order valence-electron chi connectivity index (χ1n) is 6.08. The number of phenols is 2. The Morgan fingerprint density at radius 3 is 2.68 bits per heavy atom. The van der Waals surface area contributed by atoms with Crippen molar-refractivity contribution in [3.8, 4) is 11.5 Å². The lowest BCUT2D eigenvalue weighted by molar-refractivity contribution is -0.384. The van der Waals surface area contributed by atoms with Gasteiger partial charge in [0.1, 0.15) is 0 Å². The van der Waals surface area contributed by atoms with E-state index in [1.807, 2.05) is 0 Å². The van der Waals surface area contributed by atoms with Gasteiger partial charge in [0.15, 0.2) is 11.5 Å². The number of phenolic OH excluding ortho intramolecular Hbond substituents is 2. The number of carbonyl (C=O) groups is 1. The number of nitro benzene ring substituents is 1. The molecule has 2 rings (SSSR count). The molecule has 2 aromatic rings. The Morgan fingerprint density at radius 1 is 1.23 bits per heavy atom. The monoisotopic (exact) mass is 301 g/mol. The molecule has 0 aromatic heterocycles. The van der Waals surface area contributed by atoms with E-state index in [1.165, 1.54) is 36.4 Å². The molecule has 22 heavy (non-hydrogen) atoms. The molecule has 2 aromatic carbocycles. The molecular weight excluding hydrogens is 290 g/mol. The first-order chi connectivity index (χ1) is 10.5. The fraction of sp³-hybridized carbons (Fsp3) is 0. The van der Waals surface area contributed by atoms with Crippen molar-refractivity contribution in [2.45, 2.75) is 0 Å². The molecule has 0 saturated carbocycles. The summed E-state index contributed by atoms with van der Waals surface area (Å²) in [7, 11) is 0. The van der Waals surface area contributed by atoms with Crippen molar-refractivity contribution in [3.05, 3.63) is 63.7 Å². The summed E-state index contributed by atoms with van der Waals surface area (Å²) in [5.41, 5.74) is 2.25. The molecule has 0 heterocycles.